The maximum absolute atomic E-state index is 9.68. The van der Waals surface area contributed by atoms with E-state index in [1.54, 1.807) is 6.08 Å². The van der Waals surface area contributed by atoms with Crippen molar-refractivity contribution in [2.75, 3.05) is 0 Å². The van der Waals surface area contributed by atoms with Gasteiger partial charge >= 0.3 is 0 Å². The molecule has 0 aliphatic heterocycles. The van der Waals surface area contributed by atoms with Crippen molar-refractivity contribution in [3.8, 4) is 0 Å². The Labute approximate surface area is 63.8 Å². The molecule has 59 valence electrons. The van der Waals surface area contributed by atoms with Crippen molar-refractivity contribution < 1.29 is 5.11 Å². The van der Waals surface area contributed by atoms with Crippen molar-refractivity contribution in [1.29, 1.82) is 0 Å². The molecule has 0 saturated carbocycles. The normalized spacial score (nSPS) is 12.8. The van der Waals surface area contributed by atoms with Crippen LogP contribution in [-0.2, 0) is 0 Å². The molecule has 0 bridgehead atoms. The minimum atomic E-state index is -0.492. The van der Waals surface area contributed by atoms with Gasteiger partial charge in [0.2, 0.25) is 0 Å². The molecule has 0 amide bonds. The highest BCUT2D eigenvalue weighted by Gasteiger charge is 2.19. The van der Waals surface area contributed by atoms with Crippen LogP contribution in [0.4, 0.5) is 0 Å². The fourth-order valence-corrected chi connectivity index (χ4v) is 0.841. The van der Waals surface area contributed by atoms with E-state index in [0.717, 1.165) is 19.3 Å². The van der Waals surface area contributed by atoms with Crippen LogP contribution in [0, 0.1) is 6.92 Å². The predicted octanol–water partition coefficient (Wildman–Crippen LogP) is 2.32. The summed E-state index contributed by atoms with van der Waals surface area (Å²) in [5.74, 6) is 0. The van der Waals surface area contributed by atoms with Crippen LogP contribution >= 0.6 is 0 Å². The van der Waals surface area contributed by atoms with Crippen LogP contribution in [0.5, 0.6) is 0 Å². The molecule has 0 heterocycles. The van der Waals surface area contributed by atoms with Gasteiger partial charge in [0.05, 0.1) is 5.60 Å². The highest BCUT2D eigenvalue weighted by molar-refractivity contribution is 4.91. The minimum Gasteiger partial charge on any atom is -0.390 e. The van der Waals surface area contributed by atoms with Gasteiger partial charge in [-0.25, -0.2) is 0 Å². The van der Waals surface area contributed by atoms with Gasteiger partial charge in [0.25, 0.3) is 0 Å². The standard InChI is InChI=1S/C9H17O/c1-4-7-8-9(10,5-2)6-3/h4,7,10H,1,5-6,8H2,2-3H3/b7-4+. The molecule has 0 atom stereocenters. The van der Waals surface area contributed by atoms with Crippen LogP contribution in [0.1, 0.15) is 33.1 Å². The summed E-state index contributed by atoms with van der Waals surface area (Å²) in [5.41, 5.74) is -0.492. The summed E-state index contributed by atoms with van der Waals surface area (Å²) in [6, 6.07) is 0. The Kier molecular flexibility index (Phi) is 4.37. The van der Waals surface area contributed by atoms with Crippen LogP contribution in [0.2, 0.25) is 0 Å². The number of hydrogen-bond acceptors (Lipinski definition) is 1. The van der Waals surface area contributed by atoms with Gasteiger partial charge in [-0.1, -0.05) is 26.0 Å². The second kappa shape index (κ2) is 4.51. The molecule has 0 aromatic carbocycles. The van der Waals surface area contributed by atoms with E-state index in [1.807, 2.05) is 19.9 Å². The van der Waals surface area contributed by atoms with Crippen LogP contribution in [-0.4, -0.2) is 10.7 Å². The van der Waals surface area contributed by atoms with Gasteiger partial charge in [0, 0.05) is 0 Å². The van der Waals surface area contributed by atoms with Gasteiger partial charge < -0.3 is 5.11 Å². The molecule has 0 aromatic rings. The van der Waals surface area contributed by atoms with E-state index in [2.05, 4.69) is 6.92 Å². The largest absolute Gasteiger partial charge is 0.390 e. The van der Waals surface area contributed by atoms with E-state index in [9.17, 15) is 5.11 Å². The van der Waals surface area contributed by atoms with E-state index in [0.29, 0.717) is 0 Å². The Morgan fingerprint density at radius 1 is 1.40 bits per heavy atom. The topological polar surface area (TPSA) is 20.2 Å². The van der Waals surface area contributed by atoms with Gasteiger partial charge in [0.15, 0.2) is 0 Å². The lowest BCUT2D eigenvalue weighted by molar-refractivity contribution is 0.0353. The third-order valence-corrected chi connectivity index (χ3v) is 1.98. The maximum atomic E-state index is 9.68. The summed E-state index contributed by atoms with van der Waals surface area (Å²) in [5, 5.41) is 9.68. The van der Waals surface area contributed by atoms with Gasteiger partial charge in [-0.15, -0.1) is 0 Å². The van der Waals surface area contributed by atoms with E-state index in [1.165, 1.54) is 0 Å². The second-order valence-electron chi connectivity index (χ2n) is 2.61. The maximum Gasteiger partial charge on any atom is 0.0676 e. The molecular formula is C9H17O. The molecule has 1 nitrogen and oxygen atoms in total. The van der Waals surface area contributed by atoms with Crippen molar-refractivity contribution in [3.63, 3.8) is 0 Å². The van der Waals surface area contributed by atoms with Crippen molar-refractivity contribution >= 4 is 0 Å². The average molecular weight is 141 g/mol. The summed E-state index contributed by atoms with van der Waals surface area (Å²) in [6.07, 6.45) is 5.99. The number of hydrogen-bond donors (Lipinski definition) is 1. The fourth-order valence-electron chi connectivity index (χ4n) is 0.841. The van der Waals surface area contributed by atoms with Crippen molar-refractivity contribution in [1.82, 2.24) is 0 Å². The first-order valence-electron chi connectivity index (χ1n) is 3.85. The third kappa shape index (κ3) is 3.02. The first-order valence-corrected chi connectivity index (χ1v) is 3.85. The van der Waals surface area contributed by atoms with Gasteiger partial charge in [0.1, 0.15) is 0 Å². The number of allylic oxidation sites excluding steroid dienone is 1. The molecule has 10 heavy (non-hydrogen) atoms. The Hall–Kier alpha value is -0.300. The highest BCUT2D eigenvalue weighted by Crippen LogP contribution is 2.19. The molecule has 1 N–H and O–H groups in total. The summed E-state index contributed by atoms with van der Waals surface area (Å²) in [6.45, 7) is 7.57. The summed E-state index contributed by atoms with van der Waals surface area (Å²) >= 11 is 0. The molecule has 0 unspecified atom stereocenters. The zero-order valence-electron chi connectivity index (χ0n) is 6.93. The summed E-state index contributed by atoms with van der Waals surface area (Å²) < 4.78 is 0. The Morgan fingerprint density at radius 2 is 1.90 bits per heavy atom. The Bertz CT molecular complexity index is 101. The quantitative estimate of drug-likeness (QED) is 0.637. The molecule has 1 heteroatoms. The van der Waals surface area contributed by atoms with Crippen molar-refractivity contribution in [2.24, 2.45) is 0 Å². The van der Waals surface area contributed by atoms with Crippen LogP contribution in [0.15, 0.2) is 12.2 Å². The lowest BCUT2D eigenvalue weighted by Crippen LogP contribution is -2.25. The molecule has 0 aliphatic rings. The Balaban J connectivity index is 3.80. The molecular weight excluding hydrogens is 124 g/mol. The van der Waals surface area contributed by atoms with E-state index < -0.39 is 5.60 Å². The van der Waals surface area contributed by atoms with Crippen molar-refractivity contribution in [3.05, 3.63) is 19.1 Å². The first kappa shape index (κ1) is 9.70. The molecule has 1 radical (unpaired) electrons. The van der Waals surface area contributed by atoms with Crippen LogP contribution in [0.25, 0.3) is 0 Å². The second-order valence-corrected chi connectivity index (χ2v) is 2.61. The molecule has 0 saturated heterocycles. The monoisotopic (exact) mass is 141 g/mol. The zero-order valence-corrected chi connectivity index (χ0v) is 6.93. The molecule has 0 aliphatic carbocycles. The van der Waals surface area contributed by atoms with Gasteiger partial charge in [-0.2, -0.15) is 0 Å². The number of rotatable bonds is 4. The van der Waals surface area contributed by atoms with Gasteiger partial charge in [-0.05, 0) is 26.2 Å². The molecule has 0 spiro atoms. The zero-order chi connectivity index (χ0) is 8.04. The molecule has 0 fully saturated rings. The predicted molar refractivity (Wildman–Crippen MR) is 44.6 cm³/mol. The summed E-state index contributed by atoms with van der Waals surface area (Å²) in [4.78, 5) is 0. The lowest BCUT2D eigenvalue weighted by atomic mass is 9.93. The number of aliphatic hydroxyl groups is 1. The average Bonchev–Trinajstić information content (AvgIpc) is 2.00. The molecule has 0 rings (SSSR count). The van der Waals surface area contributed by atoms with Gasteiger partial charge in [-0.3, -0.25) is 0 Å². The van der Waals surface area contributed by atoms with E-state index in [-0.39, 0.29) is 0 Å². The fraction of sp³-hybridized carbons (Fsp3) is 0.667. The minimum absolute atomic E-state index is 0.492. The summed E-state index contributed by atoms with van der Waals surface area (Å²) in [7, 11) is 0. The van der Waals surface area contributed by atoms with Crippen LogP contribution < -0.4 is 0 Å². The van der Waals surface area contributed by atoms with Crippen molar-refractivity contribution in [2.45, 2.75) is 38.7 Å². The van der Waals surface area contributed by atoms with Crippen LogP contribution in [0.3, 0.4) is 0 Å². The Morgan fingerprint density at radius 3 is 2.20 bits per heavy atom. The highest BCUT2D eigenvalue weighted by atomic mass is 16.3. The van der Waals surface area contributed by atoms with E-state index >= 15 is 0 Å². The molecule has 0 aromatic heterocycles. The van der Waals surface area contributed by atoms with E-state index in [4.69, 9.17) is 0 Å². The lowest BCUT2D eigenvalue weighted by Gasteiger charge is -2.22. The third-order valence-electron chi connectivity index (χ3n) is 1.98. The first-order chi connectivity index (χ1) is 4.68. The smallest absolute Gasteiger partial charge is 0.0676 e. The SMILES string of the molecule is [CH2]/C=C/CC(O)(CC)CC.